The predicted molar refractivity (Wildman–Crippen MR) is 107 cm³/mol. The molecule has 1 aliphatic rings. The van der Waals surface area contributed by atoms with Crippen LogP contribution in [0.1, 0.15) is 22.9 Å². The van der Waals surface area contributed by atoms with Crippen LogP contribution in [0.3, 0.4) is 0 Å². The molecule has 1 amide bonds. The largest absolute Gasteiger partial charge is 0.507 e. The summed E-state index contributed by atoms with van der Waals surface area (Å²) < 4.78 is 6.25. The van der Waals surface area contributed by atoms with E-state index in [1.54, 1.807) is 36.4 Å². The molecule has 0 radical (unpaired) electrons. The van der Waals surface area contributed by atoms with Gasteiger partial charge in [-0.05, 0) is 29.8 Å². The van der Waals surface area contributed by atoms with Crippen LogP contribution in [0.2, 0.25) is 0 Å². The Morgan fingerprint density at radius 1 is 1.00 bits per heavy atom. The standard InChI is InChI=1S/C22H16BrNO4/c23-16-10-8-14(9-11-16)19-18(20(25)15-5-2-1-3-6-15)21(26)22(27)24(19)13-17-7-4-12-28-17/h1-12,19,25H,13H2/b20-18+/t19-/m0/s1. The van der Waals surface area contributed by atoms with E-state index < -0.39 is 17.7 Å². The fourth-order valence-corrected chi connectivity index (χ4v) is 3.62. The van der Waals surface area contributed by atoms with Crippen molar-refractivity contribution in [3.8, 4) is 0 Å². The topological polar surface area (TPSA) is 70.8 Å². The summed E-state index contributed by atoms with van der Waals surface area (Å²) in [6.07, 6.45) is 1.52. The minimum atomic E-state index is -0.710. The van der Waals surface area contributed by atoms with Crippen molar-refractivity contribution in [2.75, 3.05) is 0 Å². The molecule has 4 rings (SSSR count). The van der Waals surface area contributed by atoms with Crippen LogP contribution >= 0.6 is 15.9 Å². The molecular formula is C22H16BrNO4. The molecule has 1 N–H and O–H groups in total. The first-order chi connectivity index (χ1) is 13.6. The van der Waals surface area contributed by atoms with Gasteiger partial charge in [0.15, 0.2) is 0 Å². The first-order valence-electron chi connectivity index (χ1n) is 8.68. The SMILES string of the molecule is O=C1C(=O)N(Cc2ccco2)[C@@H](c2ccc(Br)cc2)/C1=C(\O)c1ccccc1. The van der Waals surface area contributed by atoms with Crippen LogP contribution in [-0.4, -0.2) is 21.7 Å². The lowest BCUT2D eigenvalue weighted by molar-refractivity contribution is -0.140. The fraction of sp³-hybridized carbons (Fsp3) is 0.0909. The van der Waals surface area contributed by atoms with E-state index in [-0.39, 0.29) is 17.9 Å². The first-order valence-corrected chi connectivity index (χ1v) is 9.47. The summed E-state index contributed by atoms with van der Waals surface area (Å²) in [7, 11) is 0. The average molecular weight is 438 g/mol. The second-order valence-corrected chi connectivity index (χ2v) is 7.34. The highest BCUT2D eigenvalue weighted by Gasteiger charge is 2.46. The second-order valence-electron chi connectivity index (χ2n) is 6.42. The molecule has 1 atom stereocenters. The number of hydrogen-bond acceptors (Lipinski definition) is 4. The van der Waals surface area contributed by atoms with Crippen LogP contribution in [0.15, 0.2) is 87.5 Å². The van der Waals surface area contributed by atoms with Crippen molar-refractivity contribution in [1.82, 2.24) is 4.90 Å². The number of hydrogen-bond donors (Lipinski definition) is 1. The smallest absolute Gasteiger partial charge is 0.296 e. The molecule has 0 unspecified atom stereocenters. The van der Waals surface area contributed by atoms with E-state index in [1.807, 2.05) is 30.3 Å². The maximum atomic E-state index is 12.9. The molecule has 6 heteroatoms. The van der Waals surface area contributed by atoms with Crippen molar-refractivity contribution in [2.45, 2.75) is 12.6 Å². The highest BCUT2D eigenvalue weighted by molar-refractivity contribution is 9.10. The molecular weight excluding hydrogens is 422 g/mol. The molecule has 140 valence electrons. The Balaban J connectivity index is 1.86. The van der Waals surface area contributed by atoms with Gasteiger partial charge in [0.2, 0.25) is 0 Å². The monoisotopic (exact) mass is 437 g/mol. The van der Waals surface area contributed by atoms with Crippen molar-refractivity contribution in [2.24, 2.45) is 0 Å². The third kappa shape index (κ3) is 3.27. The molecule has 2 aromatic carbocycles. The number of Topliss-reactive ketones (excluding diaryl/α,β-unsaturated/α-hetero) is 1. The summed E-state index contributed by atoms with van der Waals surface area (Å²) in [4.78, 5) is 27.1. The number of rotatable bonds is 4. The molecule has 1 aromatic heterocycles. The van der Waals surface area contributed by atoms with Crippen LogP contribution in [-0.2, 0) is 16.1 Å². The highest BCUT2D eigenvalue weighted by Crippen LogP contribution is 2.40. The minimum absolute atomic E-state index is 0.0741. The van der Waals surface area contributed by atoms with E-state index in [0.29, 0.717) is 11.3 Å². The Morgan fingerprint density at radius 3 is 2.36 bits per heavy atom. The van der Waals surface area contributed by atoms with Crippen LogP contribution in [0.25, 0.3) is 5.76 Å². The predicted octanol–water partition coefficient (Wildman–Crippen LogP) is 4.66. The van der Waals surface area contributed by atoms with Crippen LogP contribution in [0.4, 0.5) is 0 Å². The van der Waals surface area contributed by atoms with E-state index >= 15 is 0 Å². The number of likely N-dealkylation sites (tertiary alicyclic amines) is 1. The third-order valence-corrected chi connectivity index (χ3v) is 5.21. The molecule has 1 fully saturated rings. The molecule has 3 aromatic rings. The summed E-state index contributed by atoms with van der Waals surface area (Å²) in [5.41, 5.74) is 1.29. The molecule has 0 spiro atoms. The lowest BCUT2D eigenvalue weighted by Gasteiger charge is -2.24. The summed E-state index contributed by atoms with van der Waals surface area (Å²) >= 11 is 3.40. The molecule has 0 saturated carbocycles. The molecule has 5 nitrogen and oxygen atoms in total. The number of ketones is 1. The zero-order valence-electron chi connectivity index (χ0n) is 14.7. The number of nitrogens with zero attached hydrogens (tertiary/aromatic N) is 1. The third-order valence-electron chi connectivity index (χ3n) is 4.68. The van der Waals surface area contributed by atoms with Gasteiger partial charge >= 0.3 is 0 Å². The molecule has 28 heavy (non-hydrogen) atoms. The number of carbonyl (C=O) groups excluding carboxylic acids is 2. The lowest BCUT2D eigenvalue weighted by atomic mass is 9.95. The van der Waals surface area contributed by atoms with Crippen molar-refractivity contribution in [3.63, 3.8) is 0 Å². The Kier molecular flexibility index (Phi) is 4.88. The normalized spacial score (nSPS) is 18.6. The number of amides is 1. The van der Waals surface area contributed by atoms with Gasteiger partial charge in [-0.2, -0.15) is 0 Å². The molecule has 1 saturated heterocycles. The lowest BCUT2D eigenvalue weighted by Crippen LogP contribution is -2.29. The van der Waals surface area contributed by atoms with E-state index in [4.69, 9.17) is 4.42 Å². The van der Waals surface area contributed by atoms with Gasteiger partial charge in [-0.3, -0.25) is 9.59 Å². The highest BCUT2D eigenvalue weighted by atomic mass is 79.9. The first kappa shape index (κ1) is 18.3. The number of benzene rings is 2. The maximum absolute atomic E-state index is 12.9. The van der Waals surface area contributed by atoms with Crippen LogP contribution in [0.5, 0.6) is 0 Å². The van der Waals surface area contributed by atoms with Gasteiger partial charge in [-0.25, -0.2) is 0 Å². The van der Waals surface area contributed by atoms with Gasteiger partial charge in [0.1, 0.15) is 11.5 Å². The Morgan fingerprint density at radius 2 is 1.71 bits per heavy atom. The summed E-state index contributed by atoms with van der Waals surface area (Å²) in [6.45, 7) is 0.129. The number of aliphatic hydroxyl groups excluding tert-OH is 1. The second kappa shape index (κ2) is 7.48. The van der Waals surface area contributed by atoms with Gasteiger partial charge < -0.3 is 14.4 Å². The van der Waals surface area contributed by atoms with E-state index in [9.17, 15) is 14.7 Å². The van der Waals surface area contributed by atoms with Gasteiger partial charge in [0.25, 0.3) is 11.7 Å². The minimum Gasteiger partial charge on any atom is -0.507 e. The molecule has 1 aliphatic heterocycles. The molecule has 0 bridgehead atoms. The average Bonchev–Trinajstić information content (AvgIpc) is 3.31. The molecule has 2 heterocycles. The zero-order valence-corrected chi connectivity index (χ0v) is 16.3. The quantitative estimate of drug-likeness (QED) is 0.365. The number of carbonyl (C=O) groups is 2. The number of furan rings is 1. The van der Waals surface area contributed by atoms with E-state index in [0.717, 1.165) is 10.0 Å². The van der Waals surface area contributed by atoms with E-state index in [1.165, 1.54) is 11.2 Å². The van der Waals surface area contributed by atoms with Crippen molar-refractivity contribution >= 4 is 33.4 Å². The summed E-state index contributed by atoms with van der Waals surface area (Å²) in [6, 6.07) is 18.8. The molecule has 0 aliphatic carbocycles. The van der Waals surface area contributed by atoms with Crippen molar-refractivity contribution in [3.05, 3.63) is 99.9 Å². The summed E-state index contributed by atoms with van der Waals surface area (Å²) in [5, 5.41) is 10.9. The maximum Gasteiger partial charge on any atom is 0.296 e. The van der Waals surface area contributed by atoms with Gasteiger partial charge in [0, 0.05) is 10.0 Å². The number of aliphatic hydroxyl groups is 1. The Bertz CT molecular complexity index is 1040. The van der Waals surface area contributed by atoms with Gasteiger partial charge in [0.05, 0.1) is 24.4 Å². The Labute approximate surface area is 170 Å². The zero-order chi connectivity index (χ0) is 19.7. The van der Waals surface area contributed by atoms with E-state index in [2.05, 4.69) is 15.9 Å². The van der Waals surface area contributed by atoms with Crippen molar-refractivity contribution < 1.29 is 19.1 Å². The van der Waals surface area contributed by atoms with Crippen LogP contribution in [0, 0.1) is 0 Å². The van der Waals surface area contributed by atoms with Gasteiger partial charge in [-0.15, -0.1) is 0 Å². The fourth-order valence-electron chi connectivity index (χ4n) is 3.36. The van der Waals surface area contributed by atoms with Crippen LogP contribution < -0.4 is 0 Å². The summed E-state index contributed by atoms with van der Waals surface area (Å²) in [5.74, 6) is -1.000. The Hall–Kier alpha value is -3.12. The number of halogens is 1. The van der Waals surface area contributed by atoms with Gasteiger partial charge in [-0.1, -0.05) is 58.4 Å². The van der Waals surface area contributed by atoms with Crippen molar-refractivity contribution in [1.29, 1.82) is 0 Å².